The van der Waals surface area contributed by atoms with Crippen LogP contribution >= 0.6 is 0 Å². The number of carbonyl (C=O) groups excluding carboxylic acids is 2. The second-order valence-corrected chi connectivity index (χ2v) is 6.99. The highest BCUT2D eigenvalue weighted by Crippen LogP contribution is 2.32. The molecule has 4 heteroatoms. The van der Waals surface area contributed by atoms with Crippen LogP contribution in [0.5, 0.6) is 0 Å². The quantitative estimate of drug-likeness (QED) is 0.640. The molecule has 0 aromatic heterocycles. The smallest absolute Gasteiger partial charge is 0.306 e. The fourth-order valence-corrected chi connectivity index (χ4v) is 2.71. The summed E-state index contributed by atoms with van der Waals surface area (Å²) in [4.78, 5) is 21.6. The minimum Gasteiger partial charge on any atom is -0.466 e. The normalized spacial score (nSPS) is 30.0. The van der Waals surface area contributed by atoms with Crippen LogP contribution in [0.3, 0.4) is 0 Å². The Kier molecular flexibility index (Phi) is 6.50. The average molecular weight is 284 g/mol. The minimum atomic E-state index is -0.0423. The maximum Gasteiger partial charge on any atom is 0.306 e. The molecule has 2 rings (SSSR count). The van der Waals surface area contributed by atoms with E-state index in [1.54, 1.807) is 0 Å². The van der Waals surface area contributed by atoms with Crippen LogP contribution in [0.4, 0.5) is 0 Å². The molecule has 2 heterocycles. The van der Waals surface area contributed by atoms with E-state index in [0.717, 1.165) is 19.3 Å². The van der Waals surface area contributed by atoms with Crippen LogP contribution in [0.15, 0.2) is 0 Å². The molecular formula is C16H28O4. The van der Waals surface area contributed by atoms with Gasteiger partial charge in [-0.2, -0.15) is 0 Å². The van der Waals surface area contributed by atoms with Crippen molar-refractivity contribution in [1.82, 2.24) is 0 Å². The largest absolute Gasteiger partial charge is 0.466 e. The van der Waals surface area contributed by atoms with Gasteiger partial charge in [-0.1, -0.05) is 27.7 Å². The van der Waals surface area contributed by atoms with E-state index in [0.29, 0.717) is 37.9 Å². The summed E-state index contributed by atoms with van der Waals surface area (Å²) in [5.74, 6) is 1.10. The fourth-order valence-electron chi connectivity index (χ4n) is 2.71. The Morgan fingerprint density at radius 1 is 1.00 bits per heavy atom. The second-order valence-electron chi connectivity index (χ2n) is 6.99. The van der Waals surface area contributed by atoms with Gasteiger partial charge in [0.1, 0.15) is 0 Å². The third kappa shape index (κ3) is 6.92. The van der Waals surface area contributed by atoms with Crippen molar-refractivity contribution in [3.63, 3.8) is 0 Å². The number of ether oxygens (including phenoxy) is 2. The zero-order valence-electron chi connectivity index (χ0n) is 13.2. The summed E-state index contributed by atoms with van der Waals surface area (Å²) < 4.78 is 9.85. The number of rotatable bonds is 0. The van der Waals surface area contributed by atoms with Gasteiger partial charge < -0.3 is 9.47 Å². The van der Waals surface area contributed by atoms with Crippen molar-refractivity contribution < 1.29 is 19.1 Å². The van der Waals surface area contributed by atoms with Gasteiger partial charge in [0, 0.05) is 6.42 Å². The molecule has 0 N–H and O–H groups in total. The maximum absolute atomic E-state index is 11.0. The molecule has 4 nitrogen and oxygen atoms in total. The van der Waals surface area contributed by atoms with Gasteiger partial charge in [0.2, 0.25) is 0 Å². The van der Waals surface area contributed by atoms with Crippen LogP contribution in [0.25, 0.3) is 0 Å². The van der Waals surface area contributed by atoms with Crippen molar-refractivity contribution >= 4 is 11.9 Å². The Morgan fingerprint density at radius 2 is 1.70 bits per heavy atom. The lowest BCUT2D eigenvalue weighted by Crippen LogP contribution is -2.15. The molecule has 2 atom stereocenters. The lowest BCUT2D eigenvalue weighted by Gasteiger charge is -2.21. The Morgan fingerprint density at radius 3 is 2.40 bits per heavy atom. The monoisotopic (exact) mass is 284 g/mol. The number of carbonyl (C=O) groups is 2. The first-order valence-corrected chi connectivity index (χ1v) is 7.60. The van der Waals surface area contributed by atoms with E-state index in [1.165, 1.54) is 0 Å². The summed E-state index contributed by atoms with van der Waals surface area (Å²) in [5, 5.41) is 0. The van der Waals surface area contributed by atoms with Gasteiger partial charge in [0.15, 0.2) is 0 Å². The number of cyclic esters (lactones) is 2. The predicted octanol–water partition coefficient (Wildman–Crippen LogP) is 3.34. The third-order valence-corrected chi connectivity index (χ3v) is 3.77. The highest BCUT2D eigenvalue weighted by atomic mass is 16.5. The molecule has 0 amide bonds. The van der Waals surface area contributed by atoms with Crippen LogP contribution in [0, 0.1) is 17.3 Å². The Hall–Kier alpha value is -1.06. The van der Waals surface area contributed by atoms with E-state index in [4.69, 9.17) is 9.47 Å². The van der Waals surface area contributed by atoms with Gasteiger partial charge in [-0.15, -0.1) is 0 Å². The van der Waals surface area contributed by atoms with Crippen LogP contribution in [-0.4, -0.2) is 25.2 Å². The molecule has 0 aromatic carbocycles. The molecule has 116 valence electrons. The topological polar surface area (TPSA) is 52.6 Å². The molecule has 2 aliphatic rings. The van der Waals surface area contributed by atoms with Gasteiger partial charge in [-0.25, -0.2) is 0 Å². The lowest BCUT2D eigenvalue weighted by molar-refractivity contribution is -0.145. The molecule has 0 radical (unpaired) electrons. The molecule has 0 bridgehead atoms. The number of esters is 2. The van der Waals surface area contributed by atoms with E-state index in [1.807, 2.05) is 0 Å². The number of hydrogen-bond acceptors (Lipinski definition) is 4. The van der Waals surface area contributed by atoms with Crippen molar-refractivity contribution in [3.8, 4) is 0 Å². The van der Waals surface area contributed by atoms with Gasteiger partial charge in [-0.05, 0) is 36.5 Å². The van der Waals surface area contributed by atoms with Crippen LogP contribution in [0.1, 0.15) is 59.8 Å². The summed E-state index contributed by atoms with van der Waals surface area (Å²) in [6, 6.07) is 0. The van der Waals surface area contributed by atoms with E-state index >= 15 is 0 Å². The zero-order chi connectivity index (χ0) is 15.2. The molecule has 20 heavy (non-hydrogen) atoms. The first-order valence-electron chi connectivity index (χ1n) is 7.60. The molecule has 2 unspecified atom stereocenters. The fraction of sp³-hybridized carbons (Fsp3) is 0.875. The second kappa shape index (κ2) is 7.65. The summed E-state index contributed by atoms with van der Waals surface area (Å²) in [6.07, 6.45) is 4.29. The number of hydrogen-bond donors (Lipinski definition) is 0. The van der Waals surface area contributed by atoms with Gasteiger partial charge >= 0.3 is 11.9 Å². The molecule has 2 saturated heterocycles. The average Bonchev–Trinajstić information content (AvgIpc) is 2.57. The van der Waals surface area contributed by atoms with E-state index in [-0.39, 0.29) is 17.4 Å². The first kappa shape index (κ1) is 17.0. The third-order valence-electron chi connectivity index (χ3n) is 3.77. The van der Waals surface area contributed by atoms with Crippen LogP contribution in [-0.2, 0) is 19.1 Å². The first-order chi connectivity index (χ1) is 9.28. The molecule has 2 aliphatic heterocycles. The predicted molar refractivity (Wildman–Crippen MR) is 77.1 cm³/mol. The van der Waals surface area contributed by atoms with Gasteiger partial charge in [0.25, 0.3) is 0 Å². The summed E-state index contributed by atoms with van der Waals surface area (Å²) >= 11 is 0. The highest BCUT2D eigenvalue weighted by Gasteiger charge is 2.28. The molecule has 0 aromatic rings. The van der Waals surface area contributed by atoms with Crippen LogP contribution < -0.4 is 0 Å². The Balaban J connectivity index is 0.000000204. The molecular weight excluding hydrogens is 256 g/mol. The molecule has 0 aliphatic carbocycles. The Labute approximate surface area is 122 Å². The van der Waals surface area contributed by atoms with E-state index in [9.17, 15) is 9.59 Å². The SMILES string of the molecule is CC1CCOC(=O)CC1.CC1COC(=O)CC(C)(C)C1. The van der Waals surface area contributed by atoms with E-state index < -0.39 is 0 Å². The van der Waals surface area contributed by atoms with Crippen LogP contribution in [0.2, 0.25) is 0 Å². The standard InChI is InChI=1S/C9H16O2.C7H12O2/c1-7-4-9(2,3)5-8(10)11-6-7;1-6-2-3-7(8)9-5-4-6/h7H,4-6H2,1-3H3;6H,2-5H2,1H3. The molecule has 0 saturated carbocycles. The van der Waals surface area contributed by atoms with Crippen molar-refractivity contribution in [2.24, 2.45) is 17.3 Å². The molecule has 0 spiro atoms. The van der Waals surface area contributed by atoms with E-state index in [2.05, 4.69) is 27.7 Å². The minimum absolute atomic E-state index is 0.0284. The Bertz CT molecular complexity index is 335. The highest BCUT2D eigenvalue weighted by molar-refractivity contribution is 5.70. The maximum atomic E-state index is 11.0. The summed E-state index contributed by atoms with van der Waals surface area (Å²) in [7, 11) is 0. The van der Waals surface area contributed by atoms with Crippen molar-refractivity contribution in [1.29, 1.82) is 0 Å². The van der Waals surface area contributed by atoms with Gasteiger partial charge in [-0.3, -0.25) is 9.59 Å². The van der Waals surface area contributed by atoms with Gasteiger partial charge in [0.05, 0.1) is 19.6 Å². The molecule has 2 fully saturated rings. The lowest BCUT2D eigenvalue weighted by atomic mass is 9.82. The van der Waals surface area contributed by atoms with Crippen molar-refractivity contribution in [2.45, 2.75) is 59.8 Å². The van der Waals surface area contributed by atoms with Crippen molar-refractivity contribution in [2.75, 3.05) is 13.2 Å². The summed E-state index contributed by atoms with van der Waals surface area (Å²) in [6.45, 7) is 9.75. The zero-order valence-corrected chi connectivity index (χ0v) is 13.2. The summed E-state index contributed by atoms with van der Waals surface area (Å²) in [5.41, 5.74) is 0.132. The van der Waals surface area contributed by atoms with Crippen molar-refractivity contribution in [3.05, 3.63) is 0 Å².